The Bertz CT molecular complexity index is 591. The second kappa shape index (κ2) is 5.09. The second-order valence-corrected chi connectivity index (χ2v) is 6.06. The molecular formula is C14H15FN2O2S. The molecule has 1 aromatic carbocycles. The van der Waals surface area contributed by atoms with Crippen LogP contribution in [0.2, 0.25) is 0 Å². The van der Waals surface area contributed by atoms with Crippen LogP contribution in [-0.2, 0) is 16.0 Å². The van der Waals surface area contributed by atoms with E-state index in [9.17, 15) is 14.0 Å². The molecule has 0 saturated carbocycles. The fourth-order valence-corrected chi connectivity index (χ4v) is 3.52. The highest BCUT2D eigenvalue weighted by Gasteiger charge is 2.32. The van der Waals surface area contributed by atoms with Crippen molar-refractivity contribution >= 4 is 29.3 Å². The predicted octanol–water partition coefficient (Wildman–Crippen LogP) is 1.86. The molecule has 2 unspecified atom stereocenters. The Kier molecular flexibility index (Phi) is 3.41. The summed E-state index contributed by atoms with van der Waals surface area (Å²) in [7, 11) is 0. The highest BCUT2D eigenvalue weighted by molar-refractivity contribution is 7.99. The number of halogens is 1. The maximum atomic E-state index is 14.1. The fraction of sp³-hybridized carbons (Fsp3) is 0.429. The van der Waals surface area contributed by atoms with E-state index in [1.807, 2.05) is 6.26 Å². The number of hydrogen-bond donors (Lipinski definition) is 2. The van der Waals surface area contributed by atoms with Gasteiger partial charge in [0, 0.05) is 18.2 Å². The van der Waals surface area contributed by atoms with E-state index in [0.29, 0.717) is 24.2 Å². The molecule has 1 aromatic rings. The Morgan fingerprint density at radius 2 is 2.15 bits per heavy atom. The number of fused-ring (bicyclic) bond motifs is 1. The number of amides is 2. The number of carbonyl (C=O) groups excluding carboxylic acids is 2. The molecule has 2 amide bonds. The Balaban J connectivity index is 1.91. The van der Waals surface area contributed by atoms with E-state index in [1.54, 1.807) is 6.07 Å². The molecule has 2 atom stereocenters. The van der Waals surface area contributed by atoms with Crippen LogP contribution in [0.1, 0.15) is 22.8 Å². The highest BCUT2D eigenvalue weighted by atomic mass is 32.2. The molecule has 106 valence electrons. The van der Waals surface area contributed by atoms with Crippen molar-refractivity contribution in [3.05, 3.63) is 29.1 Å². The molecule has 1 saturated heterocycles. The fourth-order valence-electron chi connectivity index (χ4n) is 2.80. The van der Waals surface area contributed by atoms with Crippen LogP contribution in [-0.4, -0.2) is 24.6 Å². The van der Waals surface area contributed by atoms with Gasteiger partial charge < -0.3 is 10.6 Å². The molecule has 4 nitrogen and oxygen atoms in total. The van der Waals surface area contributed by atoms with Crippen LogP contribution in [0.3, 0.4) is 0 Å². The summed E-state index contributed by atoms with van der Waals surface area (Å²) >= 11 is 1.43. The van der Waals surface area contributed by atoms with Gasteiger partial charge in [-0.3, -0.25) is 9.59 Å². The molecule has 20 heavy (non-hydrogen) atoms. The summed E-state index contributed by atoms with van der Waals surface area (Å²) in [6.45, 7) is 0.656. The van der Waals surface area contributed by atoms with Gasteiger partial charge in [0.25, 0.3) is 0 Å². The summed E-state index contributed by atoms with van der Waals surface area (Å²) in [4.78, 5) is 23.4. The number of nitrogens with one attached hydrogen (secondary N) is 2. The molecule has 0 aromatic heterocycles. The number of benzene rings is 1. The van der Waals surface area contributed by atoms with Crippen molar-refractivity contribution in [1.29, 1.82) is 0 Å². The first-order valence-corrected chi connectivity index (χ1v) is 7.82. The van der Waals surface area contributed by atoms with Gasteiger partial charge in [-0.2, -0.15) is 0 Å². The number of thioether (sulfide) groups is 1. The minimum atomic E-state index is -0.356. The Labute approximate surface area is 120 Å². The lowest BCUT2D eigenvalue weighted by molar-refractivity contribution is -0.122. The van der Waals surface area contributed by atoms with Gasteiger partial charge in [-0.25, -0.2) is 4.39 Å². The number of hydrogen-bond acceptors (Lipinski definition) is 3. The van der Waals surface area contributed by atoms with Gasteiger partial charge >= 0.3 is 0 Å². The van der Waals surface area contributed by atoms with E-state index in [4.69, 9.17) is 0 Å². The molecule has 1 fully saturated rings. The normalized spacial score (nSPS) is 24.5. The molecule has 2 aliphatic heterocycles. The summed E-state index contributed by atoms with van der Waals surface area (Å²) in [6, 6.07) is 3.10. The molecule has 2 heterocycles. The lowest BCUT2D eigenvalue weighted by Crippen LogP contribution is -2.20. The highest BCUT2D eigenvalue weighted by Crippen LogP contribution is 2.40. The lowest BCUT2D eigenvalue weighted by Gasteiger charge is -2.11. The van der Waals surface area contributed by atoms with E-state index in [0.717, 1.165) is 12.0 Å². The Hall–Kier alpha value is -1.56. The maximum Gasteiger partial charge on any atom is 0.242 e. The summed E-state index contributed by atoms with van der Waals surface area (Å²) in [5, 5.41) is 5.16. The Morgan fingerprint density at radius 3 is 2.80 bits per heavy atom. The van der Waals surface area contributed by atoms with Crippen molar-refractivity contribution in [2.45, 2.75) is 18.1 Å². The molecule has 0 spiro atoms. The topological polar surface area (TPSA) is 58.2 Å². The van der Waals surface area contributed by atoms with E-state index in [2.05, 4.69) is 10.6 Å². The Morgan fingerprint density at radius 1 is 1.35 bits per heavy atom. The number of anilines is 1. The molecule has 3 rings (SSSR count). The third-order valence-electron chi connectivity index (χ3n) is 3.86. The minimum absolute atomic E-state index is 0.0134. The molecule has 0 bridgehead atoms. The van der Waals surface area contributed by atoms with Crippen LogP contribution < -0.4 is 10.6 Å². The summed E-state index contributed by atoms with van der Waals surface area (Å²) in [6.07, 6.45) is 2.98. The van der Waals surface area contributed by atoms with E-state index >= 15 is 0 Å². The first-order chi connectivity index (χ1) is 9.60. The molecule has 6 heteroatoms. The molecule has 0 radical (unpaired) electrons. The minimum Gasteiger partial charge on any atom is -0.356 e. The molecule has 2 N–H and O–H groups in total. The average molecular weight is 294 g/mol. The van der Waals surface area contributed by atoms with Gasteiger partial charge in [0.1, 0.15) is 11.1 Å². The zero-order valence-electron chi connectivity index (χ0n) is 11.0. The van der Waals surface area contributed by atoms with Gasteiger partial charge in [0.2, 0.25) is 11.8 Å². The van der Waals surface area contributed by atoms with Crippen molar-refractivity contribution in [2.24, 2.45) is 5.92 Å². The van der Waals surface area contributed by atoms with Gasteiger partial charge in [0.15, 0.2) is 0 Å². The number of carbonyl (C=O) groups is 2. The summed E-state index contributed by atoms with van der Waals surface area (Å²) < 4.78 is 14.1. The van der Waals surface area contributed by atoms with Crippen LogP contribution in [0.4, 0.5) is 10.1 Å². The van der Waals surface area contributed by atoms with Crippen molar-refractivity contribution in [3.63, 3.8) is 0 Å². The van der Waals surface area contributed by atoms with Crippen molar-refractivity contribution in [1.82, 2.24) is 5.32 Å². The van der Waals surface area contributed by atoms with Crippen molar-refractivity contribution in [2.75, 3.05) is 18.1 Å². The first kappa shape index (κ1) is 13.4. The second-order valence-electron chi connectivity index (χ2n) is 5.12. The standard InChI is InChI=1S/C14H15FN2O2S/c1-20-12-9-5-8(4-7-2-3-16-13(7)18)10(15)6-11(9)17-14(12)19/h5-7,12H,2-4H2,1H3,(H,16,18)(H,17,19). The zero-order chi connectivity index (χ0) is 14.3. The van der Waals surface area contributed by atoms with Gasteiger partial charge in [-0.1, -0.05) is 0 Å². The summed E-state index contributed by atoms with van der Waals surface area (Å²) in [5.41, 5.74) is 1.88. The smallest absolute Gasteiger partial charge is 0.242 e. The van der Waals surface area contributed by atoms with Crippen LogP contribution in [0.5, 0.6) is 0 Å². The third kappa shape index (κ3) is 2.18. The van der Waals surface area contributed by atoms with Crippen LogP contribution >= 0.6 is 11.8 Å². The van der Waals surface area contributed by atoms with Gasteiger partial charge in [-0.15, -0.1) is 11.8 Å². The first-order valence-electron chi connectivity index (χ1n) is 6.54. The third-order valence-corrected chi connectivity index (χ3v) is 4.80. The van der Waals surface area contributed by atoms with Crippen LogP contribution in [0.25, 0.3) is 0 Å². The summed E-state index contributed by atoms with van der Waals surface area (Å²) in [5.74, 6) is -0.644. The lowest BCUT2D eigenvalue weighted by atomic mass is 9.95. The van der Waals surface area contributed by atoms with Crippen LogP contribution in [0.15, 0.2) is 12.1 Å². The van der Waals surface area contributed by atoms with Gasteiger partial charge in [0.05, 0.1) is 0 Å². The molecule has 2 aliphatic rings. The number of rotatable bonds is 3. The monoisotopic (exact) mass is 294 g/mol. The predicted molar refractivity (Wildman–Crippen MR) is 76.1 cm³/mol. The van der Waals surface area contributed by atoms with Gasteiger partial charge in [-0.05, 0) is 42.4 Å². The van der Waals surface area contributed by atoms with E-state index < -0.39 is 0 Å². The van der Waals surface area contributed by atoms with Crippen LogP contribution in [0, 0.1) is 11.7 Å². The maximum absolute atomic E-state index is 14.1. The molecular weight excluding hydrogens is 279 g/mol. The quantitative estimate of drug-likeness (QED) is 0.894. The van der Waals surface area contributed by atoms with E-state index in [1.165, 1.54) is 17.8 Å². The average Bonchev–Trinajstić information content (AvgIpc) is 2.93. The SMILES string of the molecule is CSC1C(=O)Nc2cc(F)c(CC3CCNC3=O)cc21. The van der Waals surface area contributed by atoms with E-state index in [-0.39, 0.29) is 28.8 Å². The molecule has 0 aliphatic carbocycles. The van der Waals surface area contributed by atoms with Crippen molar-refractivity contribution in [3.8, 4) is 0 Å². The zero-order valence-corrected chi connectivity index (χ0v) is 11.8. The van der Waals surface area contributed by atoms with Crippen molar-refractivity contribution < 1.29 is 14.0 Å². The largest absolute Gasteiger partial charge is 0.356 e.